The molecule has 0 aliphatic heterocycles. The summed E-state index contributed by atoms with van der Waals surface area (Å²) in [6.45, 7) is 0. The van der Waals surface area contributed by atoms with Crippen molar-refractivity contribution in [2.45, 2.75) is 11.3 Å². The Bertz CT molecular complexity index is 538. The van der Waals surface area contributed by atoms with Crippen LogP contribution in [0.5, 0.6) is 0 Å². The number of hydrogen-bond acceptors (Lipinski definition) is 4. The lowest BCUT2D eigenvalue weighted by Gasteiger charge is -2.03. The van der Waals surface area contributed by atoms with Crippen LogP contribution >= 0.6 is 0 Å². The Morgan fingerprint density at radius 2 is 2.29 bits per heavy atom. The third-order valence-electron chi connectivity index (χ3n) is 2.39. The molecular formula is C11H14N4OS. The Hall–Kier alpha value is -1.69. The van der Waals surface area contributed by atoms with E-state index in [1.54, 1.807) is 23.1 Å². The predicted molar refractivity (Wildman–Crippen MR) is 66.8 cm³/mol. The maximum absolute atomic E-state index is 12.0. The van der Waals surface area contributed by atoms with Gasteiger partial charge in [0.2, 0.25) is 0 Å². The predicted octanol–water partition coefficient (Wildman–Crippen LogP) is 0.748. The number of aromatic nitrogens is 3. The maximum atomic E-state index is 12.0. The Labute approximate surface area is 102 Å². The summed E-state index contributed by atoms with van der Waals surface area (Å²) in [6.07, 6.45) is 7.56. The van der Waals surface area contributed by atoms with Gasteiger partial charge in [-0.15, -0.1) is 0 Å². The zero-order valence-corrected chi connectivity index (χ0v) is 10.4. The second-order valence-electron chi connectivity index (χ2n) is 3.74. The first-order valence-corrected chi connectivity index (χ1v) is 6.54. The van der Waals surface area contributed by atoms with Crippen molar-refractivity contribution in [3.63, 3.8) is 0 Å². The lowest BCUT2D eigenvalue weighted by molar-refractivity contribution is 0.682. The molecule has 0 radical (unpaired) electrons. The van der Waals surface area contributed by atoms with Gasteiger partial charge in [0.15, 0.2) is 0 Å². The molecule has 17 heavy (non-hydrogen) atoms. The summed E-state index contributed by atoms with van der Waals surface area (Å²) in [5, 5.41) is 4.07. The average Bonchev–Trinajstić information content (AvgIpc) is 2.73. The van der Waals surface area contributed by atoms with E-state index in [4.69, 9.17) is 5.73 Å². The van der Waals surface area contributed by atoms with E-state index in [2.05, 4.69) is 10.1 Å². The van der Waals surface area contributed by atoms with E-state index in [-0.39, 0.29) is 0 Å². The summed E-state index contributed by atoms with van der Waals surface area (Å²) in [5.41, 5.74) is 7.28. The van der Waals surface area contributed by atoms with Gasteiger partial charge < -0.3 is 5.73 Å². The molecule has 1 unspecified atom stereocenters. The van der Waals surface area contributed by atoms with Gasteiger partial charge in [0.05, 0.1) is 33.8 Å². The molecule has 2 aromatic rings. The molecule has 6 heteroatoms. The molecule has 0 aliphatic carbocycles. The minimum atomic E-state index is -1.09. The van der Waals surface area contributed by atoms with Crippen LogP contribution in [0.2, 0.25) is 0 Å². The van der Waals surface area contributed by atoms with E-state index in [9.17, 15) is 4.21 Å². The topological polar surface area (TPSA) is 73.8 Å². The number of aryl methyl sites for hydroxylation is 2. The van der Waals surface area contributed by atoms with Gasteiger partial charge in [0.1, 0.15) is 0 Å². The maximum Gasteiger partial charge on any atom is 0.0664 e. The zero-order chi connectivity index (χ0) is 12.3. The van der Waals surface area contributed by atoms with Crippen molar-refractivity contribution in [3.8, 4) is 0 Å². The summed E-state index contributed by atoms with van der Waals surface area (Å²) >= 11 is 0. The number of nitrogens with two attached hydrogens (primary N) is 1. The van der Waals surface area contributed by atoms with Gasteiger partial charge >= 0.3 is 0 Å². The van der Waals surface area contributed by atoms with Crippen LogP contribution in [-0.2, 0) is 24.3 Å². The molecule has 90 valence electrons. The van der Waals surface area contributed by atoms with Gasteiger partial charge in [0, 0.05) is 25.2 Å². The fourth-order valence-corrected chi connectivity index (χ4v) is 2.69. The Kier molecular flexibility index (Phi) is 3.53. The molecule has 0 fully saturated rings. The summed E-state index contributed by atoms with van der Waals surface area (Å²) in [5.74, 6) is 0.542. The van der Waals surface area contributed by atoms with Crippen LogP contribution in [0.15, 0.2) is 35.7 Å². The minimum absolute atomic E-state index is 0.483. The fraction of sp³-hybridized carbons (Fsp3) is 0.273. The standard InChI is InChI=1S/C11H14N4OS/c1-15-8-9(6-14-15)3-5-17(16)11-2-4-13-7-10(11)12/h2,4,6-8H,3,5,12H2,1H3. The van der Waals surface area contributed by atoms with Gasteiger partial charge in [-0.3, -0.25) is 13.9 Å². The zero-order valence-electron chi connectivity index (χ0n) is 9.54. The molecule has 2 N–H and O–H groups in total. The quantitative estimate of drug-likeness (QED) is 0.869. The molecule has 1 atom stereocenters. The Balaban J connectivity index is 2.01. The second-order valence-corrected chi connectivity index (χ2v) is 5.27. The van der Waals surface area contributed by atoms with E-state index >= 15 is 0 Å². The lowest BCUT2D eigenvalue weighted by atomic mass is 10.3. The third kappa shape index (κ3) is 2.91. The van der Waals surface area contributed by atoms with E-state index in [0.29, 0.717) is 16.3 Å². The highest BCUT2D eigenvalue weighted by molar-refractivity contribution is 7.85. The molecule has 0 amide bonds. The molecule has 2 heterocycles. The van der Waals surface area contributed by atoms with Crippen LogP contribution in [0, 0.1) is 0 Å². The summed E-state index contributed by atoms with van der Waals surface area (Å²) in [6, 6.07) is 1.70. The fourth-order valence-electron chi connectivity index (χ4n) is 1.52. The molecule has 5 nitrogen and oxygen atoms in total. The number of anilines is 1. The van der Waals surface area contributed by atoms with Gasteiger partial charge in [-0.05, 0) is 18.1 Å². The minimum Gasteiger partial charge on any atom is -0.396 e. The van der Waals surface area contributed by atoms with E-state index in [1.165, 1.54) is 6.20 Å². The van der Waals surface area contributed by atoms with Crippen LogP contribution in [0.4, 0.5) is 5.69 Å². The van der Waals surface area contributed by atoms with Crippen molar-refractivity contribution in [1.29, 1.82) is 0 Å². The SMILES string of the molecule is Cn1cc(CCS(=O)c2ccncc2N)cn1. The number of rotatable bonds is 4. The summed E-state index contributed by atoms with van der Waals surface area (Å²) < 4.78 is 13.8. The monoisotopic (exact) mass is 250 g/mol. The second kappa shape index (κ2) is 5.09. The highest BCUT2D eigenvalue weighted by atomic mass is 32.2. The van der Waals surface area contributed by atoms with Gasteiger partial charge in [-0.2, -0.15) is 5.10 Å². The van der Waals surface area contributed by atoms with Gasteiger partial charge in [-0.1, -0.05) is 0 Å². The molecule has 2 rings (SSSR count). The first-order valence-electron chi connectivity index (χ1n) is 5.22. The summed E-state index contributed by atoms with van der Waals surface area (Å²) in [7, 11) is 0.774. The number of pyridine rings is 1. The molecule has 2 aromatic heterocycles. The highest BCUT2D eigenvalue weighted by Gasteiger charge is 2.08. The van der Waals surface area contributed by atoms with Crippen molar-refractivity contribution in [2.24, 2.45) is 7.05 Å². The van der Waals surface area contributed by atoms with Crippen LogP contribution in [-0.4, -0.2) is 24.7 Å². The average molecular weight is 250 g/mol. The van der Waals surface area contributed by atoms with Gasteiger partial charge in [-0.25, -0.2) is 0 Å². The van der Waals surface area contributed by atoms with Crippen molar-refractivity contribution < 1.29 is 4.21 Å². The van der Waals surface area contributed by atoms with E-state index in [1.807, 2.05) is 13.2 Å². The Morgan fingerprint density at radius 1 is 1.47 bits per heavy atom. The van der Waals surface area contributed by atoms with E-state index in [0.717, 1.165) is 12.0 Å². The number of nitrogens with zero attached hydrogens (tertiary/aromatic N) is 3. The molecule has 0 saturated heterocycles. The molecular weight excluding hydrogens is 236 g/mol. The molecule has 0 saturated carbocycles. The van der Waals surface area contributed by atoms with Crippen molar-refractivity contribution in [3.05, 3.63) is 36.4 Å². The number of hydrogen-bond donors (Lipinski definition) is 1. The molecule has 0 aliphatic rings. The van der Waals surface area contributed by atoms with Crippen LogP contribution in [0.3, 0.4) is 0 Å². The van der Waals surface area contributed by atoms with Crippen molar-refractivity contribution in [1.82, 2.24) is 14.8 Å². The highest BCUT2D eigenvalue weighted by Crippen LogP contribution is 2.15. The molecule has 0 bridgehead atoms. The van der Waals surface area contributed by atoms with Crippen molar-refractivity contribution in [2.75, 3.05) is 11.5 Å². The van der Waals surface area contributed by atoms with Crippen LogP contribution in [0.1, 0.15) is 5.56 Å². The summed E-state index contributed by atoms with van der Waals surface area (Å²) in [4.78, 5) is 4.53. The van der Waals surface area contributed by atoms with Crippen LogP contribution < -0.4 is 5.73 Å². The lowest BCUT2D eigenvalue weighted by Crippen LogP contribution is -2.04. The van der Waals surface area contributed by atoms with E-state index < -0.39 is 10.8 Å². The Morgan fingerprint density at radius 3 is 2.94 bits per heavy atom. The van der Waals surface area contributed by atoms with Gasteiger partial charge in [0.25, 0.3) is 0 Å². The van der Waals surface area contributed by atoms with Crippen LogP contribution in [0.25, 0.3) is 0 Å². The first-order chi connectivity index (χ1) is 8.16. The molecule has 0 spiro atoms. The number of nitrogen functional groups attached to an aromatic ring is 1. The largest absolute Gasteiger partial charge is 0.396 e. The van der Waals surface area contributed by atoms with Crippen molar-refractivity contribution >= 4 is 16.5 Å². The third-order valence-corrected chi connectivity index (χ3v) is 3.83. The smallest absolute Gasteiger partial charge is 0.0664 e. The first kappa shape index (κ1) is 11.8. The molecule has 0 aromatic carbocycles. The normalized spacial score (nSPS) is 12.5.